The van der Waals surface area contributed by atoms with Gasteiger partial charge in [0.25, 0.3) is 8.32 Å². The minimum absolute atomic E-state index is 0.0844. The fourth-order valence-electron chi connectivity index (χ4n) is 5.36. The van der Waals surface area contributed by atoms with Crippen molar-refractivity contribution in [2.75, 3.05) is 13.2 Å². The summed E-state index contributed by atoms with van der Waals surface area (Å²) in [5, 5.41) is 1.75. The molecule has 0 aliphatic carbocycles. The van der Waals surface area contributed by atoms with Crippen molar-refractivity contribution in [2.45, 2.75) is 90.2 Å². The first-order chi connectivity index (χ1) is 24.0. The summed E-state index contributed by atoms with van der Waals surface area (Å²) in [4.78, 5) is 31.6. The lowest BCUT2D eigenvalue weighted by atomic mass is 10.2. The number of benzene rings is 2. The van der Waals surface area contributed by atoms with Gasteiger partial charge >= 0.3 is 13.8 Å². The SMILES string of the molecule is CC/C=C\C/C=C\C/C=C\C/C=C\C/C=C\C/C=C\CCC(=O)O[C@H](CO[Si](c1ccccc1)(c1ccccc1)C(C)(C)C)COP(=O)(O)O. The lowest BCUT2D eigenvalue weighted by Gasteiger charge is -2.43. The highest BCUT2D eigenvalue weighted by Crippen LogP contribution is 2.38. The first kappa shape index (κ1) is 42.8. The predicted octanol–water partition coefficient (Wildman–Crippen LogP) is 9.06. The Bertz CT molecular complexity index is 1410. The second-order valence-corrected chi connectivity index (χ2v) is 18.4. The number of carbonyl (C=O) groups is 1. The standard InChI is InChI=1S/C41H57O7PSi/c1-5-6-7-8-9-10-11-12-13-14-15-16-17-18-19-20-21-22-29-34-40(42)48-37(35-46-49(43,44)45)36-47-50(41(2,3)4,38-30-25-23-26-31-38)39-32-27-24-28-33-39/h6-7,9-10,12-13,15-16,18-19,21-28,30-33,37H,5,8,11,14,17,20,29,34-36H2,1-4H3,(H2,43,44,45)/b7-6-,10-9-,13-12-,16-15-,19-18-,22-21-/t37-/m0/s1. The molecule has 7 nitrogen and oxygen atoms in total. The monoisotopic (exact) mass is 720 g/mol. The van der Waals surface area contributed by atoms with Gasteiger partial charge in [0, 0.05) is 6.42 Å². The summed E-state index contributed by atoms with van der Waals surface area (Å²) in [5.41, 5.74) is 0. The summed E-state index contributed by atoms with van der Waals surface area (Å²) in [5.74, 6) is -0.491. The molecule has 0 amide bonds. The van der Waals surface area contributed by atoms with Crippen LogP contribution in [0.3, 0.4) is 0 Å². The van der Waals surface area contributed by atoms with Crippen molar-refractivity contribution in [3.63, 3.8) is 0 Å². The topological polar surface area (TPSA) is 102 Å². The third-order valence-corrected chi connectivity index (χ3v) is 13.2. The minimum atomic E-state index is -4.80. The Morgan fingerprint density at radius 1 is 0.700 bits per heavy atom. The maximum absolute atomic E-state index is 12.8. The number of hydrogen-bond donors (Lipinski definition) is 2. The Kier molecular flexibility index (Phi) is 20.5. The van der Waals surface area contributed by atoms with E-state index in [0.717, 1.165) is 48.9 Å². The first-order valence-electron chi connectivity index (χ1n) is 17.5. The van der Waals surface area contributed by atoms with E-state index in [0.29, 0.717) is 6.42 Å². The molecule has 272 valence electrons. The van der Waals surface area contributed by atoms with Gasteiger partial charge in [-0.3, -0.25) is 9.32 Å². The van der Waals surface area contributed by atoms with Crippen molar-refractivity contribution in [1.82, 2.24) is 0 Å². The van der Waals surface area contributed by atoms with Crippen LogP contribution in [0.2, 0.25) is 5.04 Å². The summed E-state index contributed by atoms with van der Waals surface area (Å²) >= 11 is 0. The van der Waals surface area contributed by atoms with Gasteiger partial charge in [0.15, 0.2) is 0 Å². The van der Waals surface area contributed by atoms with Crippen LogP contribution in [0.15, 0.2) is 134 Å². The molecule has 0 heterocycles. The molecule has 0 unspecified atom stereocenters. The number of allylic oxidation sites excluding steroid dienone is 12. The van der Waals surface area contributed by atoms with Crippen LogP contribution in [0.4, 0.5) is 0 Å². The number of esters is 1. The Hall–Kier alpha value is -3.36. The van der Waals surface area contributed by atoms with Gasteiger partial charge in [-0.25, -0.2) is 4.57 Å². The summed E-state index contributed by atoms with van der Waals surface area (Å²) < 4.78 is 28.9. The molecule has 2 aromatic carbocycles. The molecule has 0 fully saturated rings. The molecule has 0 aromatic heterocycles. The van der Waals surface area contributed by atoms with Crippen molar-refractivity contribution in [2.24, 2.45) is 0 Å². The third-order valence-electron chi connectivity index (χ3n) is 7.74. The zero-order valence-electron chi connectivity index (χ0n) is 30.2. The molecule has 0 aliphatic rings. The fraction of sp³-hybridized carbons (Fsp3) is 0.390. The maximum atomic E-state index is 12.8. The van der Waals surface area contributed by atoms with E-state index in [-0.39, 0.29) is 18.1 Å². The van der Waals surface area contributed by atoms with Gasteiger partial charge < -0.3 is 18.9 Å². The van der Waals surface area contributed by atoms with Gasteiger partial charge in [-0.1, -0.05) is 161 Å². The van der Waals surface area contributed by atoms with Crippen LogP contribution in [-0.4, -0.2) is 43.4 Å². The molecule has 2 N–H and O–H groups in total. The molecule has 0 saturated carbocycles. The van der Waals surface area contributed by atoms with E-state index >= 15 is 0 Å². The first-order valence-corrected chi connectivity index (χ1v) is 21.0. The Morgan fingerprint density at radius 2 is 1.12 bits per heavy atom. The Morgan fingerprint density at radius 3 is 1.52 bits per heavy atom. The Balaban J connectivity index is 1.88. The van der Waals surface area contributed by atoms with Crippen molar-refractivity contribution in [3.05, 3.63) is 134 Å². The van der Waals surface area contributed by atoms with E-state index in [1.807, 2.05) is 72.8 Å². The van der Waals surface area contributed by atoms with Crippen molar-refractivity contribution in [1.29, 1.82) is 0 Å². The fourth-order valence-corrected chi connectivity index (χ4v) is 10.3. The summed E-state index contributed by atoms with van der Waals surface area (Å²) in [6, 6.07) is 20.0. The lowest BCUT2D eigenvalue weighted by Crippen LogP contribution is -2.67. The molecule has 9 heteroatoms. The van der Waals surface area contributed by atoms with E-state index in [4.69, 9.17) is 13.7 Å². The maximum Gasteiger partial charge on any atom is 0.469 e. The average Bonchev–Trinajstić information content (AvgIpc) is 3.08. The van der Waals surface area contributed by atoms with E-state index < -0.39 is 34.8 Å². The molecule has 0 bridgehead atoms. The van der Waals surface area contributed by atoms with Crippen molar-refractivity contribution < 1.29 is 32.8 Å². The summed E-state index contributed by atoms with van der Waals surface area (Å²) in [6.45, 7) is 7.93. The highest BCUT2D eigenvalue weighted by Gasteiger charge is 2.50. The quantitative estimate of drug-likeness (QED) is 0.0511. The highest BCUT2D eigenvalue weighted by molar-refractivity contribution is 7.46. The van der Waals surface area contributed by atoms with Crippen LogP contribution in [0, 0.1) is 0 Å². The van der Waals surface area contributed by atoms with Crippen LogP contribution in [0.1, 0.15) is 79.1 Å². The number of ether oxygens (including phenoxy) is 1. The molecule has 0 radical (unpaired) electrons. The van der Waals surface area contributed by atoms with Crippen LogP contribution in [0.5, 0.6) is 0 Å². The molecule has 0 spiro atoms. The number of hydrogen-bond acceptors (Lipinski definition) is 5. The smallest absolute Gasteiger partial charge is 0.457 e. The zero-order chi connectivity index (χ0) is 36.6. The summed E-state index contributed by atoms with van der Waals surface area (Å²) in [7, 11) is -7.77. The highest BCUT2D eigenvalue weighted by atomic mass is 31.2. The molecule has 2 rings (SSSR count). The van der Waals surface area contributed by atoms with Gasteiger partial charge in [0.1, 0.15) is 6.10 Å². The van der Waals surface area contributed by atoms with Gasteiger partial charge in [-0.2, -0.15) is 0 Å². The van der Waals surface area contributed by atoms with Gasteiger partial charge in [0.05, 0.1) is 13.2 Å². The summed E-state index contributed by atoms with van der Waals surface area (Å²) in [6.07, 6.45) is 30.7. The van der Waals surface area contributed by atoms with Crippen molar-refractivity contribution >= 4 is 32.5 Å². The van der Waals surface area contributed by atoms with Crippen LogP contribution in [-0.2, 0) is 23.0 Å². The number of phosphoric ester groups is 1. The molecule has 50 heavy (non-hydrogen) atoms. The van der Waals surface area contributed by atoms with E-state index in [2.05, 4.69) is 88.5 Å². The van der Waals surface area contributed by atoms with Crippen LogP contribution < -0.4 is 10.4 Å². The molecule has 2 aromatic rings. The normalized spacial score (nSPS) is 14.0. The number of carbonyl (C=O) groups excluding carboxylic acids is 1. The largest absolute Gasteiger partial charge is 0.469 e. The van der Waals surface area contributed by atoms with E-state index in [1.54, 1.807) is 0 Å². The van der Waals surface area contributed by atoms with E-state index in [1.165, 1.54) is 0 Å². The van der Waals surface area contributed by atoms with Gasteiger partial charge in [-0.05, 0) is 60.4 Å². The molecular weight excluding hydrogens is 664 g/mol. The third kappa shape index (κ3) is 17.0. The van der Waals surface area contributed by atoms with E-state index in [9.17, 15) is 19.1 Å². The average molecular weight is 721 g/mol. The number of phosphoric acid groups is 1. The zero-order valence-corrected chi connectivity index (χ0v) is 32.1. The lowest BCUT2D eigenvalue weighted by molar-refractivity contribution is -0.152. The molecule has 0 aliphatic heterocycles. The second-order valence-electron chi connectivity index (χ2n) is 12.8. The number of rotatable bonds is 23. The van der Waals surface area contributed by atoms with Gasteiger partial charge in [0.2, 0.25) is 0 Å². The minimum Gasteiger partial charge on any atom is -0.457 e. The van der Waals surface area contributed by atoms with Gasteiger partial charge in [-0.15, -0.1) is 0 Å². The van der Waals surface area contributed by atoms with Crippen LogP contribution in [0.25, 0.3) is 0 Å². The molecule has 1 atom stereocenters. The van der Waals surface area contributed by atoms with Crippen molar-refractivity contribution in [3.8, 4) is 0 Å². The van der Waals surface area contributed by atoms with Crippen LogP contribution >= 0.6 is 7.82 Å². The second kappa shape index (κ2) is 23.9. The molecule has 0 saturated heterocycles. The molecular formula is C41H57O7PSi. The predicted molar refractivity (Wildman–Crippen MR) is 209 cm³/mol. The Labute approximate surface area is 301 Å².